The molecule has 1 unspecified atom stereocenters. The number of carbonyl (C=O) groups is 3. The lowest BCUT2D eigenvalue weighted by atomic mass is 9.84. The zero-order valence-corrected chi connectivity index (χ0v) is 28.1. The zero-order chi connectivity index (χ0) is 33.8. The van der Waals surface area contributed by atoms with Crippen molar-refractivity contribution >= 4 is 38.6 Å². The van der Waals surface area contributed by atoms with Gasteiger partial charge in [-0.1, -0.05) is 6.07 Å². The standard InChI is InChI=1S/C33H49N5O8S/c1-45-29-18-25-7-8-27(17-26(25)19-30(29)46-2)47(43,44)38-28(33(41)42)20-36-31(39)21-37-32(40)24(5-3-22-9-13-34-14-10-22)6-4-23-11-15-35-16-12-23/h7-8,17-19,22-24,28,34-35,38H,3-6,9-16,20-21H2,1-2H3,(H,36,39)(H,37,40)(H,41,42). The minimum absolute atomic E-state index is 0.151. The average molecular weight is 676 g/mol. The number of rotatable bonds is 17. The molecule has 0 aliphatic carbocycles. The minimum atomic E-state index is -4.28. The first-order valence-corrected chi connectivity index (χ1v) is 17.9. The van der Waals surface area contributed by atoms with Gasteiger partial charge in [-0.2, -0.15) is 4.72 Å². The van der Waals surface area contributed by atoms with E-state index in [1.165, 1.54) is 26.4 Å². The molecular weight excluding hydrogens is 626 g/mol. The van der Waals surface area contributed by atoms with Crippen LogP contribution in [-0.2, 0) is 24.4 Å². The van der Waals surface area contributed by atoms with E-state index in [-0.39, 0.29) is 23.3 Å². The Balaban J connectivity index is 1.31. The van der Waals surface area contributed by atoms with Crippen LogP contribution in [0.3, 0.4) is 0 Å². The molecule has 6 N–H and O–H groups in total. The number of sulfonamides is 1. The van der Waals surface area contributed by atoms with E-state index in [4.69, 9.17) is 9.47 Å². The Hall–Kier alpha value is -3.46. The number of methoxy groups -OCH3 is 2. The molecule has 260 valence electrons. The SMILES string of the molecule is COc1cc2ccc(S(=O)(=O)NC(CNC(=O)CNC(=O)C(CCC3CCNCC3)CCC3CCNCC3)C(=O)O)cc2cc1OC. The topological polar surface area (TPSA) is 184 Å². The van der Waals surface area contributed by atoms with E-state index in [2.05, 4.69) is 26.0 Å². The highest BCUT2D eigenvalue weighted by molar-refractivity contribution is 7.89. The van der Waals surface area contributed by atoms with Gasteiger partial charge in [-0.15, -0.1) is 0 Å². The van der Waals surface area contributed by atoms with Gasteiger partial charge >= 0.3 is 5.97 Å². The van der Waals surface area contributed by atoms with E-state index >= 15 is 0 Å². The van der Waals surface area contributed by atoms with Crippen molar-refractivity contribution < 1.29 is 37.4 Å². The predicted molar refractivity (Wildman–Crippen MR) is 178 cm³/mol. The van der Waals surface area contributed by atoms with Crippen LogP contribution in [0.4, 0.5) is 0 Å². The van der Waals surface area contributed by atoms with Gasteiger partial charge in [0.05, 0.1) is 25.7 Å². The number of ether oxygens (including phenoxy) is 2. The number of hydrogen-bond acceptors (Lipinski definition) is 9. The molecule has 0 radical (unpaired) electrons. The molecule has 0 spiro atoms. The second kappa shape index (κ2) is 17.6. The van der Waals surface area contributed by atoms with Gasteiger partial charge in [-0.05, 0) is 124 Å². The summed E-state index contributed by atoms with van der Waals surface area (Å²) in [6.45, 7) is 3.16. The van der Waals surface area contributed by atoms with Crippen LogP contribution in [0.15, 0.2) is 35.2 Å². The molecule has 4 rings (SSSR count). The molecule has 13 nitrogen and oxygen atoms in total. The molecule has 2 fully saturated rings. The van der Waals surface area contributed by atoms with Crippen molar-refractivity contribution in [3.05, 3.63) is 30.3 Å². The summed E-state index contributed by atoms with van der Waals surface area (Å²) < 4.78 is 39.1. The molecule has 2 aliphatic rings. The van der Waals surface area contributed by atoms with Crippen molar-refractivity contribution in [1.82, 2.24) is 26.0 Å². The number of carbonyl (C=O) groups excluding carboxylic acids is 2. The highest BCUT2D eigenvalue weighted by Crippen LogP contribution is 2.33. The first-order chi connectivity index (χ1) is 22.6. The molecular formula is C33H49N5O8S. The molecule has 2 amide bonds. The van der Waals surface area contributed by atoms with Crippen molar-refractivity contribution in [2.45, 2.75) is 62.3 Å². The van der Waals surface area contributed by atoms with Gasteiger partial charge in [0.2, 0.25) is 21.8 Å². The summed E-state index contributed by atoms with van der Waals surface area (Å²) in [5.41, 5.74) is 0. The Morgan fingerprint density at radius 2 is 1.40 bits per heavy atom. The lowest BCUT2D eigenvalue weighted by molar-refractivity contribution is -0.139. The van der Waals surface area contributed by atoms with Gasteiger partial charge in [-0.3, -0.25) is 14.4 Å². The first kappa shape index (κ1) is 36.4. The number of carboxylic acids is 1. The molecule has 2 aromatic carbocycles. The van der Waals surface area contributed by atoms with Crippen molar-refractivity contribution in [3.8, 4) is 11.5 Å². The molecule has 47 heavy (non-hydrogen) atoms. The third kappa shape index (κ3) is 10.8. The van der Waals surface area contributed by atoms with Gasteiger partial charge in [0.25, 0.3) is 0 Å². The van der Waals surface area contributed by atoms with Gasteiger partial charge in [0.1, 0.15) is 6.04 Å². The van der Waals surface area contributed by atoms with E-state index in [0.717, 1.165) is 77.5 Å². The lowest BCUT2D eigenvalue weighted by Gasteiger charge is -2.27. The second-order valence-electron chi connectivity index (χ2n) is 12.5. The van der Waals surface area contributed by atoms with Crippen molar-refractivity contribution in [3.63, 3.8) is 0 Å². The van der Waals surface area contributed by atoms with Crippen molar-refractivity contribution in [1.29, 1.82) is 0 Å². The Morgan fingerprint density at radius 1 is 0.851 bits per heavy atom. The number of benzene rings is 2. The monoisotopic (exact) mass is 675 g/mol. The number of hydrogen-bond donors (Lipinski definition) is 6. The Labute approximate surface area is 277 Å². The van der Waals surface area contributed by atoms with E-state index < -0.39 is 34.5 Å². The summed E-state index contributed by atoms with van der Waals surface area (Å²) in [5.74, 6) is -0.366. The van der Waals surface area contributed by atoms with E-state index in [9.17, 15) is 27.9 Å². The summed E-state index contributed by atoms with van der Waals surface area (Å²) in [5, 5.41) is 22.9. The summed E-state index contributed by atoms with van der Waals surface area (Å²) >= 11 is 0. The Morgan fingerprint density at radius 3 is 1.94 bits per heavy atom. The van der Waals surface area contributed by atoms with Crippen LogP contribution < -0.4 is 35.5 Å². The molecule has 0 aromatic heterocycles. The van der Waals surface area contributed by atoms with Crippen LogP contribution in [0.5, 0.6) is 11.5 Å². The first-order valence-electron chi connectivity index (χ1n) is 16.5. The maximum Gasteiger partial charge on any atom is 0.323 e. The van der Waals surface area contributed by atoms with Gasteiger partial charge in [-0.25, -0.2) is 8.42 Å². The molecule has 2 aliphatic heterocycles. The molecule has 14 heteroatoms. The number of nitrogens with one attached hydrogen (secondary N) is 5. The highest BCUT2D eigenvalue weighted by Gasteiger charge is 2.27. The normalized spacial score (nSPS) is 16.9. The fourth-order valence-electron chi connectivity index (χ4n) is 6.37. The fraction of sp³-hybridized carbons (Fsp3) is 0.606. The van der Waals surface area contributed by atoms with Crippen LogP contribution in [0.25, 0.3) is 10.8 Å². The maximum absolute atomic E-state index is 13.2. The molecule has 0 saturated carbocycles. The predicted octanol–water partition coefficient (Wildman–Crippen LogP) is 2.00. The smallest absolute Gasteiger partial charge is 0.323 e. The Kier molecular flexibility index (Phi) is 13.6. The highest BCUT2D eigenvalue weighted by atomic mass is 32.2. The number of amides is 2. The van der Waals surface area contributed by atoms with E-state index in [1.807, 2.05) is 0 Å². The zero-order valence-electron chi connectivity index (χ0n) is 27.3. The van der Waals surface area contributed by atoms with E-state index in [0.29, 0.717) is 34.1 Å². The van der Waals surface area contributed by atoms with Gasteiger partial charge in [0, 0.05) is 12.5 Å². The van der Waals surface area contributed by atoms with Crippen molar-refractivity contribution in [2.24, 2.45) is 17.8 Å². The number of piperidine rings is 2. The third-order valence-electron chi connectivity index (χ3n) is 9.28. The summed E-state index contributed by atoms with van der Waals surface area (Å²) in [7, 11) is -1.32. The third-order valence-corrected chi connectivity index (χ3v) is 10.8. The van der Waals surface area contributed by atoms with Crippen LogP contribution in [0.1, 0.15) is 51.4 Å². The summed E-state index contributed by atoms with van der Waals surface area (Å²) in [6, 6.07) is 6.04. The number of aliphatic carboxylic acids is 1. The quantitative estimate of drug-likeness (QED) is 0.145. The van der Waals surface area contributed by atoms with Crippen LogP contribution in [-0.4, -0.2) is 90.8 Å². The second-order valence-corrected chi connectivity index (χ2v) is 14.2. The maximum atomic E-state index is 13.2. The number of fused-ring (bicyclic) bond motifs is 1. The summed E-state index contributed by atoms with van der Waals surface area (Å²) in [6.07, 6.45) is 7.88. The van der Waals surface area contributed by atoms with Crippen LogP contribution in [0, 0.1) is 17.8 Å². The lowest BCUT2D eigenvalue weighted by Crippen LogP contribution is -2.50. The summed E-state index contributed by atoms with van der Waals surface area (Å²) in [4.78, 5) is 37.7. The van der Waals surface area contributed by atoms with Crippen molar-refractivity contribution in [2.75, 3.05) is 53.5 Å². The fourth-order valence-corrected chi connectivity index (χ4v) is 7.59. The molecule has 1 atom stereocenters. The molecule has 2 heterocycles. The van der Waals surface area contributed by atoms with Gasteiger partial charge < -0.3 is 35.8 Å². The van der Waals surface area contributed by atoms with Crippen LogP contribution in [0.2, 0.25) is 0 Å². The van der Waals surface area contributed by atoms with Crippen LogP contribution >= 0.6 is 0 Å². The molecule has 0 bridgehead atoms. The number of carboxylic acid groups (broad SMARTS) is 1. The Bertz CT molecular complexity index is 1450. The van der Waals surface area contributed by atoms with E-state index in [1.54, 1.807) is 18.2 Å². The largest absolute Gasteiger partial charge is 0.493 e. The molecule has 2 saturated heterocycles. The minimum Gasteiger partial charge on any atom is -0.493 e. The van der Waals surface area contributed by atoms with Gasteiger partial charge in [0.15, 0.2) is 11.5 Å². The molecule has 2 aromatic rings. The average Bonchev–Trinajstić information content (AvgIpc) is 3.08.